The van der Waals surface area contributed by atoms with E-state index in [4.69, 9.17) is 15.2 Å². The number of ketones is 1. The number of primary amides is 1. The van der Waals surface area contributed by atoms with Crippen LogP contribution in [0, 0.1) is 5.82 Å². The van der Waals surface area contributed by atoms with Crippen LogP contribution in [0.1, 0.15) is 66.7 Å². The molecule has 0 bridgehead atoms. The highest BCUT2D eigenvalue weighted by atomic mass is 19.4. The van der Waals surface area contributed by atoms with E-state index < -0.39 is 40.3 Å². The van der Waals surface area contributed by atoms with Gasteiger partial charge in [-0.1, -0.05) is 0 Å². The number of benzene rings is 2. The lowest BCUT2D eigenvalue weighted by Gasteiger charge is -2.26. The summed E-state index contributed by atoms with van der Waals surface area (Å²) in [7, 11) is 0. The molecule has 1 fully saturated rings. The second-order valence-corrected chi connectivity index (χ2v) is 12.4. The van der Waals surface area contributed by atoms with Gasteiger partial charge in [0, 0.05) is 46.6 Å². The number of hydrogen-bond acceptors (Lipinski definition) is 7. The Morgan fingerprint density at radius 3 is 2.47 bits per heavy atom. The number of amides is 1. The Morgan fingerprint density at radius 1 is 1.09 bits per heavy atom. The van der Waals surface area contributed by atoms with Gasteiger partial charge in [-0.2, -0.15) is 13.2 Å². The zero-order chi connectivity index (χ0) is 33.7. The molecule has 2 aliphatic rings. The number of nitrogens with two attached hydrogens (primary N) is 1. The van der Waals surface area contributed by atoms with E-state index in [9.17, 15) is 32.3 Å². The van der Waals surface area contributed by atoms with Crippen LogP contribution in [0.25, 0.3) is 22.4 Å². The van der Waals surface area contributed by atoms with Crippen molar-refractivity contribution < 1.29 is 41.7 Å². The van der Waals surface area contributed by atoms with Crippen molar-refractivity contribution in [2.45, 2.75) is 62.8 Å². The fourth-order valence-electron chi connectivity index (χ4n) is 5.53. The van der Waals surface area contributed by atoms with Gasteiger partial charge >= 0.3 is 6.18 Å². The highest BCUT2D eigenvalue weighted by molar-refractivity contribution is 5.98. The van der Waals surface area contributed by atoms with Crippen molar-refractivity contribution in [1.82, 2.24) is 9.97 Å². The number of aliphatic hydroxyl groups is 1. The first-order chi connectivity index (χ1) is 22.2. The Hall–Kier alpha value is -4.84. The lowest BCUT2D eigenvalue weighted by Crippen LogP contribution is -2.40. The number of carbonyl (C=O) groups excluding carboxylic acids is 2. The maximum absolute atomic E-state index is 13.9. The minimum atomic E-state index is -4.69. The highest BCUT2D eigenvalue weighted by Crippen LogP contribution is 2.46. The number of aromatic nitrogens is 2. The summed E-state index contributed by atoms with van der Waals surface area (Å²) in [5, 5.41) is 11.7. The molecule has 1 aliphatic heterocycles. The van der Waals surface area contributed by atoms with Crippen LogP contribution in [-0.4, -0.2) is 39.5 Å². The Morgan fingerprint density at radius 2 is 1.81 bits per heavy atom. The first-order valence-corrected chi connectivity index (χ1v) is 15.0. The highest BCUT2D eigenvalue weighted by Gasteiger charge is 2.45. The molecule has 0 saturated heterocycles. The summed E-state index contributed by atoms with van der Waals surface area (Å²) < 4.78 is 67.2. The van der Waals surface area contributed by atoms with E-state index in [0.717, 1.165) is 19.0 Å². The van der Waals surface area contributed by atoms with Gasteiger partial charge in [0.15, 0.2) is 5.78 Å². The zero-order valence-corrected chi connectivity index (χ0v) is 25.5. The van der Waals surface area contributed by atoms with Gasteiger partial charge in [0.2, 0.25) is 5.91 Å². The molecule has 1 saturated carbocycles. The van der Waals surface area contributed by atoms with Gasteiger partial charge in [0.05, 0.1) is 17.4 Å². The van der Waals surface area contributed by atoms with Crippen LogP contribution in [-0.2, 0) is 22.0 Å². The molecular weight excluding hydrogens is 618 g/mol. The van der Waals surface area contributed by atoms with Gasteiger partial charge in [-0.05, 0) is 87.7 Å². The summed E-state index contributed by atoms with van der Waals surface area (Å²) in [5.74, 6) is -1.05. The van der Waals surface area contributed by atoms with E-state index in [2.05, 4.69) is 9.97 Å². The van der Waals surface area contributed by atoms with Crippen LogP contribution in [0.4, 0.5) is 17.6 Å². The van der Waals surface area contributed by atoms with Crippen LogP contribution in [0.15, 0.2) is 67.0 Å². The first kappa shape index (κ1) is 32.1. The van der Waals surface area contributed by atoms with Gasteiger partial charge in [0.1, 0.15) is 40.6 Å². The molecular formula is C35H31F4N3O5. The second-order valence-electron chi connectivity index (χ2n) is 12.4. The minimum Gasteiger partial charge on any atom is -0.490 e. The molecule has 2 aromatic heterocycles. The topological polar surface area (TPSA) is 125 Å². The van der Waals surface area contributed by atoms with Crippen molar-refractivity contribution in [2.75, 3.05) is 6.61 Å². The zero-order valence-electron chi connectivity index (χ0n) is 25.5. The van der Waals surface area contributed by atoms with Crippen molar-refractivity contribution in [1.29, 1.82) is 0 Å². The second kappa shape index (κ2) is 11.8. The van der Waals surface area contributed by atoms with E-state index in [1.54, 1.807) is 6.92 Å². The Kier molecular flexibility index (Phi) is 8.03. The molecule has 0 unspecified atom stereocenters. The SMILES string of the molecule is C[C@](O)(CCC(=O)c1ccc(OC2CC2)c(-c2ccncc2C(F)(F)F)c1)c1cc2c(c(-c3ccc(F)cc3)n1)OC[C@]2(C)C(N)=O. The molecule has 0 spiro atoms. The summed E-state index contributed by atoms with van der Waals surface area (Å²) in [5.41, 5.74) is 3.16. The maximum Gasteiger partial charge on any atom is 0.418 e. The van der Waals surface area contributed by atoms with E-state index in [-0.39, 0.29) is 65.1 Å². The average Bonchev–Trinajstić information content (AvgIpc) is 3.79. The van der Waals surface area contributed by atoms with Crippen molar-refractivity contribution in [2.24, 2.45) is 5.73 Å². The molecule has 3 N–H and O–H groups in total. The predicted molar refractivity (Wildman–Crippen MR) is 163 cm³/mol. The largest absolute Gasteiger partial charge is 0.490 e. The fourth-order valence-corrected chi connectivity index (χ4v) is 5.53. The van der Waals surface area contributed by atoms with Crippen molar-refractivity contribution in [3.63, 3.8) is 0 Å². The molecule has 6 rings (SSSR count). The predicted octanol–water partition coefficient (Wildman–Crippen LogP) is 6.52. The van der Waals surface area contributed by atoms with Crippen LogP contribution in [0.3, 0.4) is 0 Å². The normalized spacial score (nSPS) is 18.6. The molecule has 12 heteroatoms. The van der Waals surface area contributed by atoms with Crippen LogP contribution >= 0.6 is 0 Å². The number of ether oxygens (including phenoxy) is 2. The lowest BCUT2D eigenvalue weighted by atomic mass is 9.81. The monoisotopic (exact) mass is 649 g/mol. The third-order valence-corrected chi connectivity index (χ3v) is 8.66. The number of halogens is 4. The lowest BCUT2D eigenvalue weighted by molar-refractivity contribution is -0.137. The quantitative estimate of drug-likeness (QED) is 0.148. The number of hydrogen-bond donors (Lipinski definition) is 2. The van der Waals surface area contributed by atoms with Gasteiger partial charge in [-0.25, -0.2) is 9.37 Å². The van der Waals surface area contributed by atoms with Crippen LogP contribution < -0.4 is 15.2 Å². The number of fused-ring (bicyclic) bond motifs is 1. The van der Waals surface area contributed by atoms with E-state index in [1.807, 2.05) is 0 Å². The minimum absolute atomic E-state index is 0.0616. The van der Waals surface area contributed by atoms with Gasteiger partial charge < -0.3 is 20.3 Å². The number of nitrogens with zero attached hydrogens (tertiary/aromatic N) is 2. The van der Waals surface area contributed by atoms with Gasteiger partial charge in [-0.15, -0.1) is 0 Å². The van der Waals surface area contributed by atoms with E-state index in [1.165, 1.54) is 67.7 Å². The fraction of sp³-hybridized carbons (Fsp3) is 0.314. The molecule has 1 aliphatic carbocycles. The number of pyridine rings is 2. The van der Waals surface area contributed by atoms with Gasteiger partial charge in [0.25, 0.3) is 0 Å². The summed E-state index contributed by atoms with van der Waals surface area (Å²) in [4.78, 5) is 34.3. The number of Topliss-reactive ketones (excluding diaryl/α,β-unsaturated/α-hetero) is 1. The summed E-state index contributed by atoms with van der Waals surface area (Å²) in [6.07, 6.45) is -1.59. The van der Waals surface area contributed by atoms with Crippen molar-refractivity contribution >= 4 is 11.7 Å². The molecule has 8 nitrogen and oxygen atoms in total. The molecule has 1 amide bonds. The number of rotatable bonds is 10. The maximum atomic E-state index is 13.9. The molecule has 244 valence electrons. The Balaban J connectivity index is 1.32. The third kappa shape index (κ3) is 6.29. The average molecular weight is 650 g/mol. The standard InChI is InChI=1S/C35H31F4N3O5/c1-33(32(40)44)18-46-31-25(33)16-29(42-30(31)19-3-6-21(36)7-4-19)34(2,45)13-11-27(43)20-5-10-28(47-22-8-9-22)24(15-20)23-12-14-41-17-26(23)35(37,38)39/h3-7,10,12,14-17,22,45H,8-9,11,13,18H2,1-2H3,(H2,40,44)/t33-,34-/m0/s1. The Bertz CT molecular complexity index is 1870. The molecule has 2 aromatic carbocycles. The van der Waals surface area contributed by atoms with Gasteiger partial charge in [-0.3, -0.25) is 14.6 Å². The number of carbonyl (C=O) groups is 2. The molecule has 2 atom stereocenters. The third-order valence-electron chi connectivity index (χ3n) is 8.66. The molecule has 4 aromatic rings. The summed E-state index contributed by atoms with van der Waals surface area (Å²) in [6, 6.07) is 12.6. The van der Waals surface area contributed by atoms with Crippen molar-refractivity contribution in [3.05, 3.63) is 95.2 Å². The smallest absolute Gasteiger partial charge is 0.418 e. The first-order valence-electron chi connectivity index (χ1n) is 15.0. The molecule has 47 heavy (non-hydrogen) atoms. The van der Waals surface area contributed by atoms with Crippen LogP contribution in [0.5, 0.6) is 11.5 Å². The number of alkyl halides is 3. The molecule has 0 radical (unpaired) electrons. The Labute approximate surface area is 267 Å². The van der Waals surface area contributed by atoms with E-state index >= 15 is 0 Å². The van der Waals surface area contributed by atoms with E-state index in [0.29, 0.717) is 11.1 Å². The van der Waals surface area contributed by atoms with Crippen molar-refractivity contribution in [3.8, 4) is 33.9 Å². The summed E-state index contributed by atoms with van der Waals surface area (Å²) in [6.45, 7) is 3.01. The summed E-state index contributed by atoms with van der Waals surface area (Å²) >= 11 is 0. The molecule has 3 heterocycles. The van der Waals surface area contributed by atoms with Crippen LogP contribution in [0.2, 0.25) is 0 Å².